The van der Waals surface area contributed by atoms with Gasteiger partial charge in [0.15, 0.2) is 17.4 Å². The Labute approximate surface area is 172 Å². The molecule has 1 aliphatic heterocycles. The fraction of sp³-hybridized carbons (Fsp3) is 0.190. The maximum Gasteiger partial charge on any atom is 0.267 e. The summed E-state index contributed by atoms with van der Waals surface area (Å²) in [6.45, 7) is 1.77. The van der Waals surface area contributed by atoms with Crippen LogP contribution in [0.15, 0.2) is 48.5 Å². The van der Waals surface area contributed by atoms with Crippen molar-refractivity contribution >= 4 is 23.3 Å². The topological polar surface area (TPSA) is 81.3 Å². The van der Waals surface area contributed by atoms with Crippen LogP contribution < -0.4 is 15.4 Å². The first kappa shape index (κ1) is 19.1. The van der Waals surface area contributed by atoms with Crippen molar-refractivity contribution < 1.29 is 13.9 Å². The number of carbonyl (C=O) groups is 1. The molecule has 1 aromatic heterocycles. The number of aromatic nitrogens is 2. The SMILES string of the molecule is NC(=O)c1cc(N2CCCC2)nc(-c2ccc(Oc3ccc(Cl)cc3F)cc2)n1. The van der Waals surface area contributed by atoms with Gasteiger partial charge in [0, 0.05) is 29.7 Å². The van der Waals surface area contributed by atoms with Crippen LogP contribution in [0.1, 0.15) is 23.3 Å². The summed E-state index contributed by atoms with van der Waals surface area (Å²) in [6.07, 6.45) is 2.16. The van der Waals surface area contributed by atoms with E-state index >= 15 is 0 Å². The predicted molar refractivity (Wildman–Crippen MR) is 109 cm³/mol. The summed E-state index contributed by atoms with van der Waals surface area (Å²) >= 11 is 5.76. The van der Waals surface area contributed by atoms with E-state index in [9.17, 15) is 9.18 Å². The Hall–Kier alpha value is -3.19. The van der Waals surface area contributed by atoms with E-state index in [-0.39, 0.29) is 11.4 Å². The molecule has 1 amide bonds. The fourth-order valence-corrected chi connectivity index (χ4v) is 3.31. The lowest BCUT2D eigenvalue weighted by atomic mass is 10.2. The van der Waals surface area contributed by atoms with Gasteiger partial charge in [-0.05, 0) is 55.3 Å². The van der Waals surface area contributed by atoms with Gasteiger partial charge in [-0.3, -0.25) is 4.79 Å². The molecule has 0 aliphatic carbocycles. The van der Waals surface area contributed by atoms with Crippen molar-refractivity contribution in [2.45, 2.75) is 12.8 Å². The van der Waals surface area contributed by atoms with Gasteiger partial charge in [0.2, 0.25) is 0 Å². The molecule has 0 unspecified atom stereocenters. The summed E-state index contributed by atoms with van der Waals surface area (Å²) in [5.41, 5.74) is 6.31. The number of nitrogens with zero attached hydrogens (tertiary/aromatic N) is 3. The van der Waals surface area contributed by atoms with Crippen LogP contribution >= 0.6 is 11.6 Å². The van der Waals surface area contributed by atoms with Crippen LogP contribution in [0.3, 0.4) is 0 Å². The van der Waals surface area contributed by atoms with E-state index in [0.717, 1.165) is 25.9 Å². The average Bonchev–Trinajstić information content (AvgIpc) is 3.25. The van der Waals surface area contributed by atoms with Crippen molar-refractivity contribution in [3.05, 3.63) is 65.1 Å². The van der Waals surface area contributed by atoms with Crippen molar-refractivity contribution in [1.82, 2.24) is 9.97 Å². The normalized spacial score (nSPS) is 13.5. The molecule has 1 aliphatic rings. The van der Waals surface area contributed by atoms with Crippen LogP contribution in [0.25, 0.3) is 11.4 Å². The standard InChI is InChI=1S/C21H18ClFN4O2/c22-14-5-8-18(16(23)11-14)29-15-6-3-13(4-7-15)21-25-17(20(24)28)12-19(26-21)27-9-1-2-10-27/h3-8,11-12H,1-2,9-10H2,(H2,24,28). The third-order valence-electron chi connectivity index (χ3n) is 4.63. The molecule has 0 spiro atoms. The fourth-order valence-electron chi connectivity index (χ4n) is 3.15. The minimum Gasteiger partial charge on any atom is -0.454 e. The molecule has 1 saturated heterocycles. The molecule has 2 heterocycles. The third kappa shape index (κ3) is 4.30. The lowest BCUT2D eigenvalue weighted by Gasteiger charge is -2.17. The smallest absolute Gasteiger partial charge is 0.267 e. The first-order valence-corrected chi connectivity index (χ1v) is 9.54. The second kappa shape index (κ2) is 8.05. The van der Waals surface area contributed by atoms with Gasteiger partial charge in [0.1, 0.15) is 17.3 Å². The Morgan fingerprint density at radius 2 is 1.79 bits per heavy atom. The predicted octanol–water partition coefficient (Wildman–Crippen LogP) is 4.43. The number of rotatable bonds is 5. The van der Waals surface area contributed by atoms with Crippen molar-refractivity contribution in [2.24, 2.45) is 5.73 Å². The molecule has 2 N–H and O–H groups in total. The van der Waals surface area contributed by atoms with E-state index < -0.39 is 11.7 Å². The zero-order valence-electron chi connectivity index (χ0n) is 15.4. The molecule has 29 heavy (non-hydrogen) atoms. The van der Waals surface area contributed by atoms with Crippen molar-refractivity contribution in [1.29, 1.82) is 0 Å². The quantitative estimate of drug-likeness (QED) is 0.670. The Balaban J connectivity index is 1.61. The third-order valence-corrected chi connectivity index (χ3v) is 4.86. The van der Waals surface area contributed by atoms with Gasteiger partial charge < -0.3 is 15.4 Å². The Kier molecular flexibility index (Phi) is 5.31. The molecular weight excluding hydrogens is 395 g/mol. The van der Waals surface area contributed by atoms with Crippen LogP contribution in [-0.4, -0.2) is 29.0 Å². The minimum atomic E-state index is -0.604. The van der Waals surface area contributed by atoms with Gasteiger partial charge in [-0.15, -0.1) is 0 Å². The minimum absolute atomic E-state index is 0.0745. The van der Waals surface area contributed by atoms with E-state index in [0.29, 0.717) is 28.0 Å². The maximum absolute atomic E-state index is 13.9. The van der Waals surface area contributed by atoms with Crippen molar-refractivity contribution in [3.8, 4) is 22.9 Å². The van der Waals surface area contributed by atoms with Crippen LogP contribution in [0.4, 0.5) is 10.2 Å². The summed E-state index contributed by atoms with van der Waals surface area (Å²) < 4.78 is 19.5. The number of hydrogen-bond acceptors (Lipinski definition) is 5. The van der Waals surface area contributed by atoms with Crippen molar-refractivity contribution in [2.75, 3.05) is 18.0 Å². The zero-order chi connectivity index (χ0) is 20.4. The summed E-state index contributed by atoms with van der Waals surface area (Å²) in [6, 6.07) is 12.7. The van der Waals surface area contributed by atoms with Gasteiger partial charge >= 0.3 is 0 Å². The van der Waals surface area contributed by atoms with Gasteiger partial charge in [-0.2, -0.15) is 0 Å². The van der Waals surface area contributed by atoms with Crippen LogP contribution in [0, 0.1) is 5.82 Å². The molecule has 6 nitrogen and oxygen atoms in total. The van der Waals surface area contributed by atoms with Gasteiger partial charge in [-0.1, -0.05) is 11.6 Å². The van der Waals surface area contributed by atoms with E-state index in [1.54, 1.807) is 36.4 Å². The lowest BCUT2D eigenvalue weighted by Crippen LogP contribution is -2.22. The number of primary amides is 1. The van der Waals surface area contributed by atoms with Crippen LogP contribution in [-0.2, 0) is 0 Å². The van der Waals surface area contributed by atoms with Gasteiger partial charge in [0.05, 0.1) is 0 Å². The second-order valence-corrected chi connectivity index (χ2v) is 7.13. The summed E-state index contributed by atoms with van der Waals surface area (Å²) in [5.74, 6) is 0.449. The second-order valence-electron chi connectivity index (χ2n) is 6.69. The lowest BCUT2D eigenvalue weighted by molar-refractivity contribution is 0.0995. The largest absolute Gasteiger partial charge is 0.454 e. The molecule has 0 atom stereocenters. The molecule has 0 radical (unpaired) electrons. The summed E-state index contributed by atoms with van der Waals surface area (Å²) in [7, 11) is 0. The maximum atomic E-state index is 13.9. The molecule has 0 saturated carbocycles. The molecule has 8 heteroatoms. The van der Waals surface area contributed by atoms with Gasteiger partial charge in [-0.25, -0.2) is 14.4 Å². The number of halogens is 2. The Morgan fingerprint density at radius 3 is 2.45 bits per heavy atom. The van der Waals surface area contributed by atoms with E-state index in [1.807, 2.05) is 0 Å². The van der Waals surface area contributed by atoms with Crippen molar-refractivity contribution in [3.63, 3.8) is 0 Å². The average molecular weight is 413 g/mol. The monoisotopic (exact) mass is 412 g/mol. The van der Waals surface area contributed by atoms with E-state index in [1.165, 1.54) is 12.1 Å². The number of nitrogens with two attached hydrogens (primary N) is 1. The number of hydrogen-bond donors (Lipinski definition) is 1. The highest BCUT2D eigenvalue weighted by Crippen LogP contribution is 2.29. The van der Waals surface area contributed by atoms with Gasteiger partial charge in [0.25, 0.3) is 5.91 Å². The molecular formula is C21H18ClFN4O2. The number of benzene rings is 2. The Morgan fingerprint density at radius 1 is 1.07 bits per heavy atom. The molecule has 1 fully saturated rings. The molecule has 2 aromatic carbocycles. The van der Waals surface area contributed by atoms with Crippen LogP contribution in [0.5, 0.6) is 11.5 Å². The number of anilines is 1. The molecule has 148 valence electrons. The first-order valence-electron chi connectivity index (χ1n) is 9.17. The summed E-state index contributed by atoms with van der Waals surface area (Å²) in [4.78, 5) is 22.7. The summed E-state index contributed by atoms with van der Waals surface area (Å²) in [5, 5.41) is 0.297. The van der Waals surface area contributed by atoms with Crippen LogP contribution in [0.2, 0.25) is 5.02 Å². The molecule has 4 rings (SSSR count). The first-order chi connectivity index (χ1) is 14.0. The highest BCUT2D eigenvalue weighted by atomic mass is 35.5. The Bertz CT molecular complexity index is 1050. The number of amides is 1. The molecule has 3 aromatic rings. The highest BCUT2D eigenvalue weighted by molar-refractivity contribution is 6.30. The van der Waals surface area contributed by atoms with E-state index in [2.05, 4.69) is 14.9 Å². The zero-order valence-corrected chi connectivity index (χ0v) is 16.2. The van der Waals surface area contributed by atoms with E-state index in [4.69, 9.17) is 22.1 Å². The highest BCUT2D eigenvalue weighted by Gasteiger charge is 2.18. The number of ether oxygens (including phenoxy) is 1. The number of carbonyl (C=O) groups excluding carboxylic acids is 1. The molecule has 0 bridgehead atoms.